The van der Waals surface area contributed by atoms with Gasteiger partial charge >= 0.3 is 0 Å². The van der Waals surface area contributed by atoms with Crippen LogP contribution in [0.1, 0.15) is 32.6 Å². The SMILES string of the molecule is CCCC[NH2+]CCCCOc1c(OC)cccc1OC. The summed E-state index contributed by atoms with van der Waals surface area (Å²) in [5.74, 6) is 2.14. The lowest BCUT2D eigenvalue weighted by molar-refractivity contribution is -0.655. The first kappa shape index (κ1) is 16.6. The van der Waals surface area contributed by atoms with Gasteiger partial charge in [0.05, 0.1) is 33.9 Å². The molecule has 0 heterocycles. The van der Waals surface area contributed by atoms with Crippen molar-refractivity contribution < 1.29 is 19.5 Å². The van der Waals surface area contributed by atoms with Crippen LogP contribution in [0.15, 0.2) is 18.2 Å². The Balaban J connectivity index is 2.27. The molecule has 0 aliphatic heterocycles. The first-order valence-electron chi connectivity index (χ1n) is 7.49. The maximum absolute atomic E-state index is 5.81. The number of quaternary nitrogens is 1. The van der Waals surface area contributed by atoms with E-state index in [1.165, 1.54) is 32.4 Å². The van der Waals surface area contributed by atoms with Gasteiger partial charge in [-0.25, -0.2) is 0 Å². The molecule has 0 radical (unpaired) electrons. The van der Waals surface area contributed by atoms with Crippen LogP contribution in [0.25, 0.3) is 0 Å². The summed E-state index contributed by atoms with van der Waals surface area (Å²) >= 11 is 0. The first-order chi connectivity index (χ1) is 9.83. The molecule has 114 valence electrons. The molecule has 4 heteroatoms. The fraction of sp³-hybridized carbons (Fsp3) is 0.625. The molecule has 0 aliphatic carbocycles. The van der Waals surface area contributed by atoms with Gasteiger partial charge in [-0.2, -0.15) is 0 Å². The third-order valence-corrected chi connectivity index (χ3v) is 3.19. The highest BCUT2D eigenvalue weighted by molar-refractivity contribution is 5.51. The van der Waals surface area contributed by atoms with Gasteiger partial charge in [0.1, 0.15) is 0 Å². The average molecular weight is 282 g/mol. The Labute approximate surface area is 122 Å². The summed E-state index contributed by atoms with van der Waals surface area (Å²) in [4.78, 5) is 0. The topological polar surface area (TPSA) is 44.3 Å². The van der Waals surface area contributed by atoms with E-state index in [1.807, 2.05) is 18.2 Å². The Bertz CT molecular complexity index is 346. The Morgan fingerprint density at radius 3 is 2.20 bits per heavy atom. The molecule has 2 N–H and O–H groups in total. The summed E-state index contributed by atoms with van der Waals surface area (Å²) in [7, 11) is 3.29. The van der Waals surface area contributed by atoms with Crippen LogP contribution >= 0.6 is 0 Å². The fourth-order valence-electron chi connectivity index (χ4n) is 2.02. The van der Waals surface area contributed by atoms with Crippen LogP contribution in [0.3, 0.4) is 0 Å². The lowest BCUT2D eigenvalue weighted by Gasteiger charge is -2.13. The summed E-state index contributed by atoms with van der Waals surface area (Å²) < 4.78 is 16.4. The lowest BCUT2D eigenvalue weighted by atomic mass is 10.3. The largest absolute Gasteiger partial charge is 0.493 e. The molecular formula is C16H28NO3+. The molecule has 0 fully saturated rings. The van der Waals surface area contributed by atoms with E-state index in [9.17, 15) is 0 Å². The molecule has 0 spiro atoms. The quantitative estimate of drug-likeness (QED) is 0.633. The van der Waals surface area contributed by atoms with Gasteiger partial charge in [0.25, 0.3) is 0 Å². The lowest BCUT2D eigenvalue weighted by Crippen LogP contribution is -2.84. The zero-order valence-corrected chi connectivity index (χ0v) is 13.0. The number of para-hydroxylation sites is 1. The van der Waals surface area contributed by atoms with Gasteiger partial charge in [-0.15, -0.1) is 0 Å². The van der Waals surface area contributed by atoms with E-state index in [2.05, 4.69) is 12.2 Å². The number of hydrogen-bond donors (Lipinski definition) is 1. The predicted octanol–water partition coefficient (Wildman–Crippen LogP) is 2.23. The highest BCUT2D eigenvalue weighted by atomic mass is 16.5. The van der Waals surface area contributed by atoms with Crippen molar-refractivity contribution in [2.45, 2.75) is 32.6 Å². The number of benzene rings is 1. The maximum atomic E-state index is 5.81. The molecule has 1 aromatic carbocycles. The highest BCUT2D eigenvalue weighted by Gasteiger charge is 2.10. The summed E-state index contributed by atoms with van der Waals surface area (Å²) in [5, 5.41) is 2.38. The molecule has 0 bridgehead atoms. The minimum absolute atomic E-state index is 0.693. The molecule has 1 rings (SSSR count). The first-order valence-corrected chi connectivity index (χ1v) is 7.49. The van der Waals surface area contributed by atoms with Crippen molar-refractivity contribution >= 4 is 0 Å². The zero-order chi connectivity index (χ0) is 14.6. The van der Waals surface area contributed by atoms with Gasteiger partial charge in [-0.1, -0.05) is 19.4 Å². The molecule has 4 nitrogen and oxygen atoms in total. The van der Waals surface area contributed by atoms with Crippen LogP contribution in [-0.2, 0) is 0 Å². The van der Waals surface area contributed by atoms with Gasteiger partial charge < -0.3 is 19.5 Å². The van der Waals surface area contributed by atoms with E-state index in [-0.39, 0.29) is 0 Å². The molecule has 0 amide bonds. The maximum Gasteiger partial charge on any atom is 0.203 e. The number of ether oxygens (including phenoxy) is 3. The van der Waals surface area contributed by atoms with E-state index in [0.717, 1.165) is 17.9 Å². The van der Waals surface area contributed by atoms with Crippen molar-refractivity contribution in [2.24, 2.45) is 0 Å². The number of rotatable bonds is 11. The summed E-state index contributed by atoms with van der Waals surface area (Å²) in [5.41, 5.74) is 0. The van der Waals surface area contributed by atoms with Crippen molar-refractivity contribution in [1.82, 2.24) is 0 Å². The Morgan fingerprint density at radius 2 is 1.60 bits per heavy atom. The van der Waals surface area contributed by atoms with Crippen LogP contribution in [0.2, 0.25) is 0 Å². The fourth-order valence-corrected chi connectivity index (χ4v) is 2.02. The smallest absolute Gasteiger partial charge is 0.203 e. The molecule has 0 atom stereocenters. The average Bonchev–Trinajstić information content (AvgIpc) is 2.49. The Hall–Kier alpha value is -1.42. The van der Waals surface area contributed by atoms with Crippen molar-refractivity contribution in [3.63, 3.8) is 0 Å². The zero-order valence-electron chi connectivity index (χ0n) is 13.0. The molecule has 0 unspecified atom stereocenters. The van der Waals surface area contributed by atoms with Crippen molar-refractivity contribution in [3.05, 3.63) is 18.2 Å². The summed E-state index contributed by atoms with van der Waals surface area (Å²) in [6.45, 7) is 5.32. The molecule has 0 saturated carbocycles. The van der Waals surface area contributed by atoms with Crippen LogP contribution in [-0.4, -0.2) is 33.9 Å². The van der Waals surface area contributed by atoms with Gasteiger partial charge in [0.15, 0.2) is 11.5 Å². The Kier molecular flexibility index (Phi) is 8.63. The Morgan fingerprint density at radius 1 is 0.950 bits per heavy atom. The minimum atomic E-state index is 0.693. The third-order valence-electron chi connectivity index (χ3n) is 3.19. The monoisotopic (exact) mass is 282 g/mol. The number of nitrogens with two attached hydrogens (primary N) is 1. The molecule has 1 aromatic rings. The van der Waals surface area contributed by atoms with Crippen molar-refractivity contribution in [2.75, 3.05) is 33.9 Å². The molecular weight excluding hydrogens is 254 g/mol. The normalized spacial score (nSPS) is 10.3. The van der Waals surface area contributed by atoms with Crippen LogP contribution < -0.4 is 19.5 Å². The van der Waals surface area contributed by atoms with Crippen LogP contribution in [0.4, 0.5) is 0 Å². The van der Waals surface area contributed by atoms with E-state index in [0.29, 0.717) is 12.4 Å². The standard InChI is InChI=1S/C16H27NO3/c1-4-5-11-17-12-6-7-13-20-16-14(18-2)9-8-10-15(16)19-3/h8-10,17H,4-7,11-13H2,1-3H3/p+1. The number of methoxy groups -OCH3 is 2. The second-order valence-electron chi connectivity index (χ2n) is 4.77. The molecule has 0 saturated heterocycles. The van der Waals surface area contributed by atoms with E-state index in [4.69, 9.17) is 14.2 Å². The van der Waals surface area contributed by atoms with E-state index >= 15 is 0 Å². The van der Waals surface area contributed by atoms with E-state index < -0.39 is 0 Å². The summed E-state index contributed by atoms with van der Waals surface area (Å²) in [6, 6.07) is 5.67. The van der Waals surface area contributed by atoms with Gasteiger partial charge in [-0.3, -0.25) is 0 Å². The predicted molar refractivity (Wildman–Crippen MR) is 80.8 cm³/mol. The number of unbranched alkanes of at least 4 members (excludes halogenated alkanes) is 2. The second-order valence-corrected chi connectivity index (χ2v) is 4.77. The van der Waals surface area contributed by atoms with E-state index in [1.54, 1.807) is 14.2 Å². The van der Waals surface area contributed by atoms with Crippen LogP contribution in [0.5, 0.6) is 17.2 Å². The van der Waals surface area contributed by atoms with Gasteiger partial charge in [-0.05, 0) is 31.4 Å². The third kappa shape index (κ3) is 5.70. The van der Waals surface area contributed by atoms with Gasteiger partial charge in [0, 0.05) is 0 Å². The minimum Gasteiger partial charge on any atom is -0.493 e. The molecule has 0 aromatic heterocycles. The van der Waals surface area contributed by atoms with Crippen molar-refractivity contribution in [3.8, 4) is 17.2 Å². The second kappa shape index (κ2) is 10.4. The molecule has 0 aliphatic rings. The molecule has 20 heavy (non-hydrogen) atoms. The van der Waals surface area contributed by atoms with Crippen LogP contribution in [0, 0.1) is 0 Å². The highest BCUT2D eigenvalue weighted by Crippen LogP contribution is 2.36. The van der Waals surface area contributed by atoms with Gasteiger partial charge in [0.2, 0.25) is 5.75 Å². The number of hydrogen-bond acceptors (Lipinski definition) is 3. The summed E-state index contributed by atoms with van der Waals surface area (Å²) in [6.07, 6.45) is 4.78. The van der Waals surface area contributed by atoms with Crippen molar-refractivity contribution in [1.29, 1.82) is 0 Å².